The van der Waals surface area contributed by atoms with Crippen LogP contribution in [0.3, 0.4) is 0 Å². The smallest absolute Gasteiger partial charge is 0.148 e. The number of methoxy groups -OCH3 is 1. The minimum atomic E-state index is -1.43. The molecule has 0 aromatic heterocycles. The molecule has 0 saturated heterocycles. The maximum Gasteiger partial charge on any atom is 0.148 e. The van der Waals surface area contributed by atoms with Gasteiger partial charge in [0.2, 0.25) is 0 Å². The third-order valence-electron chi connectivity index (χ3n) is 2.36. The van der Waals surface area contributed by atoms with Gasteiger partial charge in [-0.2, -0.15) is 0 Å². The zero-order valence-electron chi connectivity index (χ0n) is 10.3. The molecule has 0 spiro atoms. The quantitative estimate of drug-likeness (QED) is 0.841. The summed E-state index contributed by atoms with van der Waals surface area (Å²) in [6, 6.07) is 3.67. The molecule has 0 aliphatic rings. The van der Waals surface area contributed by atoms with Crippen molar-refractivity contribution in [1.82, 2.24) is 0 Å². The Kier molecular flexibility index (Phi) is 3.84. The summed E-state index contributed by atoms with van der Waals surface area (Å²) in [5.74, 6) is 0.584. The fraction of sp³-hybridized carbons (Fsp3) is 0.500. The second kappa shape index (κ2) is 4.62. The van der Waals surface area contributed by atoms with Crippen molar-refractivity contribution in [3.63, 3.8) is 0 Å². The van der Waals surface area contributed by atoms with E-state index in [0.717, 1.165) is 10.2 Å². The molecule has 1 aromatic rings. The Morgan fingerprint density at radius 2 is 1.88 bits per heavy atom. The Labute approximate surface area is 105 Å². The summed E-state index contributed by atoms with van der Waals surface area (Å²) in [7, 11) is 5.37. The molecule has 1 aromatic carbocycles. The van der Waals surface area contributed by atoms with Gasteiger partial charge in [-0.3, -0.25) is 0 Å². The van der Waals surface area contributed by atoms with Gasteiger partial charge >= 0.3 is 0 Å². The van der Waals surface area contributed by atoms with E-state index < -0.39 is 5.67 Å². The van der Waals surface area contributed by atoms with E-state index in [4.69, 9.17) is 4.74 Å². The Morgan fingerprint density at radius 1 is 1.31 bits per heavy atom. The van der Waals surface area contributed by atoms with E-state index in [2.05, 4.69) is 15.9 Å². The van der Waals surface area contributed by atoms with Gasteiger partial charge in [0.25, 0.3) is 0 Å². The largest absolute Gasteiger partial charge is 0.494 e. The van der Waals surface area contributed by atoms with Crippen LogP contribution in [0.2, 0.25) is 0 Å². The Morgan fingerprint density at radius 3 is 2.25 bits per heavy atom. The minimum absolute atomic E-state index is 0.549. The summed E-state index contributed by atoms with van der Waals surface area (Å²) in [6.07, 6.45) is 0. The van der Waals surface area contributed by atoms with Crippen LogP contribution in [0.5, 0.6) is 5.75 Å². The van der Waals surface area contributed by atoms with Crippen molar-refractivity contribution in [2.24, 2.45) is 0 Å². The molecule has 90 valence electrons. The molecule has 0 unspecified atom stereocenters. The second-order valence-electron chi connectivity index (χ2n) is 4.37. The van der Waals surface area contributed by atoms with Crippen molar-refractivity contribution >= 4 is 21.6 Å². The molecule has 0 saturated carbocycles. The predicted molar refractivity (Wildman–Crippen MR) is 69.2 cm³/mol. The standard InChI is InChI=1S/C12H17BrFNO/c1-12(2,14)9-6-8(13)7-10(15(3)4)11(9)16-5/h6-7H,1-5H3. The first kappa shape index (κ1) is 13.3. The second-order valence-corrected chi connectivity index (χ2v) is 5.29. The van der Waals surface area contributed by atoms with E-state index in [9.17, 15) is 4.39 Å². The van der Waals surface area contributed by atoms with Crippen molar-refractivity contribution in [2.45, 2.75) is 19.5 Å². The lowest BCUT2D eigenvalue weighted by Gasteiger charge is -2.24. The number of hydrogen-bond acceptors (Lipinski definition) is 2. The van der Waals surface area contributed by atoms with Crippen LogP contribution in [0.25, 0.3) is 0 Å². The number of alkyl halides is 1. The maximum atomic E-state index is 14.1. The highest BCUT2D eigenvalue weighted by Gasteiger charge is 2.26. The van der Waals surface area contributed by atoms with Crippen molar-refractivity contribution < 1.29 is 9.13 Å². The molecule has 16 heavy (non-hydrogen) atoms. The first-order valence-corrected chi connectivity index (χ1v) is 5.81. The SMILES string of the molecule is COc1c(N(C)C)cc(Br)cc1C(C)(C)F. The lowest BCUT2D eigenvalue weighted by Crippen LogP contribution is -2.16. The zero-order chi connectivity index (χ0) is 12.5. The average Bonchev–Trinajstić information content (AvgIpc) is 2.14. The van der Waals surface area contributed by atoms with Crippen LogP contribution in [0.15, 0.2) is 16.6 Å². The molecule has 0 N–H and O–H groups in total. The molecule has 2 nitrogen and oxygen atoms in total. The number of benzene rings is 1. The van der Waals surface area contributed by atoms with Crippen LogP contribution < -0.4 is 9.64 Å². The van der Waals surface area contributed by atoms with E-state index in [1.54, 1.807) is 13.2 Å². The van der Waals surface area contributed by atoms with Crippen LogP contribution in [-0.2, 0) is 5.67 Å². The first-order valence-electron chi connectivity index (χ1n) is 5.01. The monoisotopic (exact) mass is 289 g/mol. The summed E-state index contributed by atoms with van der Waals surface area (Å²) in [4.78, 5) is 1.90. The molecular weight excluding hydrogens is 273 g/mol. The van der Waals surface area contributed by atoms with Crippen molar-refractivity contribution in [2.75, 3.05) is 26.1 Å². The molecule has 0 aliphatic heterocycles. The number of ether oxygens (including phenoxy) is 1. The molecule has 0 heterocycles. The molecule has 4 heteroatoms. The first-order chi connectivity index (χ1) is 7.27. The van der Waals surface area contributed by atoms with Crippen molar-refractivity contribution in [3.05, 3.63) is 22.2 Å². The van der Waals surface area contributed by atoms with Crippen LogP contribution >= 0.6 is 15.9 Å². The van der Waals surface area contributed by atoms with Gasteiger partial charge in [-0.15, -0.1) is 0 Å². The molecule has 0 atom stereocenters. The van der Waals surface area contributed by atoms with Crippen LogP contribution in [0.1, 0.15) is 19.4 Å². The number of anilines is 1. The maximum absolute atomic E-state index is 14.1. The number of rotatable bonds is 3. The van der Waals surface area contributed by atoms with E-state index in [1.807, 2.05) is 25.1 Å². The zero-order valence-corrected chi connectivity index (χ0v) is 11.9. The fourth-order valence-corrected chi connectivity index (χ4v) is 2.01. The summed E-state index contributed by atoms with van der Waals surface area (Å²) in [5.41, 5.74) is -0.0226. The molecule has 0 radical (unpaired) electrons. The van der Waals surface area contributed by atoms with Gasteiger partial charge in [0.15, 0.2) is 0 Å². The summed E-state index contributed by atoms with van der Waals surface area (Å²) in [6.45, 7) is 3.05. The summed E-state index contributed by atoms with van der Waals surface area (Å²) >= 11 is 3.39. The molecule has 0 aliphatic carbocycles. The lowest BCUT2D eigenvalue weighted by molar-refractivity contribution is 0.213. The molecular formula is C12H17BrFNO. The van der Waals surface area contributed by atoms with E-state index in [1.165, 1.54) is 13.8 Å². The summed E-state index contributed by atoms with van der Waals surface area (Å²) in [5, 5.41) is 0. The Bertz CT molecular complexity index is 385. The Hall–Kier alpha value is -0.770. The molecule has 0 bridgehead atoms. The predicted octanol–water partition coefficient (Wildman–Crippen LogP) is 3.73. The number of nitrogens with zero attached hydrogens (tertiary/aromatic N) is 1. The molecule has 0 amide bonds. The van der Waals surface area contributed by atoms with Crippen LogP contribution in [0, 0.1) is 0 Å². The number of hydrogen-bond donors (Lipinski definition) is 0. The molecule has 0 fully saturated rings. The fourth-order valence-electron chi connectivity index (χ4n) is 1.57. The van der Waals surface area contributed by atoms with E-state index in [-0.39, 0.29) is 0 Å². The van der Waals surface area contributed by atoms with Gasteiger partial charge in [0.05, 0.1) is 12.8 Å². The lowest BCUT2D eigenvalue weighted by atomic mass is 9.98. The minimum Gasteiger partial charge on any atom is -0.494 e. The summed E-state index contributed by atoms with van der Waals surface area (Å²) < 4.78 is 20.2. The van der Waals surface area contributed by atoms with Crippen molar-refractivity contribution in [1.29, 1.82) is 0 Å². The van der Waals surface area contributed by atoms with Crippen molar-refractivity contribution in [3.8, 4) is 5.75 Å². The third-order valence-corrected chi connectivity index (χ3v) is 2.82. The van der Waals surface area contributed by atoms with Gasteiger partial charge in [-0.25, -0.2) is 4.39 Å². The number of halogens is 2. The van der Waals surface area contributed by atoms with Gasteiger partial charge in [0, 0.05) is 24.1 Å². The normalized spacial score (nSPS) is 11.4. The van der Waals surface area contributed by atoms with E-state index in [0.29, 0.717) is 11.3 Å². The topological polar surface area (TPSA) is 12.5 Å². The van der Waals surface area contributed by atoms with Gasteiger partial charge in [-0.1, -0.05) is 15.9 Å². The van der Waals surface area contributed by atoms with Gasteiger partial charge < -0.3 is 9.64 Å². The highest BCUT2D eigenvalue weighted by atomic mass is 79.9. The van der Waals surface area contributed by atoms with Gasteiger partial charge in [0.1, 0.15) is 11.4 Å². The van der Waals surface area contributed by atoms with Crippen LogP contribution in [0.4, 0.5) is 10.1 Å². The average molecular weight is 290 g/mol. The van der Waals surface area contributed by atoms with Crippen LogP contribution in [-0.4, -0.2) is 21.2 Å². The highest BCUT2D eigenvalue weighted by Crippen LogP contribution is 2.41. The van der Waals surface area contributed by atoms with Gasteiger partial charge in [-0.05, 0) is 26.0 Å². The Balaban J connectivity index is 3.49. The molecule has 1 rings (SSSR count). The van der Waals surface area contributed by atoms with E-state index >= 15 is 0 Å². The third kappa shape index (κ3) is 2.67. The highest BCUT2D eigenvalue weighted by molar-refractivity contribution is 9.10.